The lowest BCUT2D eigenvalue weighted by Crippen LogP contribution is -2.07. The van der Waals surface area contributed by atoms with E-state index in [4.69, 9.17) is 18.9 Å². The van der Waals surface area contributed by atoms with E-state index in [1.54, 1.807) is 46.5 Å². The molecule has 0 spiro atoms. The highest BCUT2D eigenvalue weighted by molar-refractivity contribution is 5.94. The molecule has 0 aromatic heterocycles. The van der Waals surface area contributed by atoms with E-state index < -0.39 is 0 Å². The molecule has 0 saturated carbocycles. The summed E-state index contributed by atoms with van der Waals surface area (Å²) in [7, 11) is 4.68. The topological polar surface area (TPSA) is 54.0 Å². The van der Waals surface area contributed by atoms with Gasteiger partial charge in [0.1, 0.15) is 17.2 Å². The van der Waals surface area contributed by atoms with E-state index in [0.29, 0.717) is 41.4 Å². The molecule has 21 heavy (non-hydrogen) atoms. The summed E-state index contributed by atoms with van der Waals surface area (Å²) < 4.78 is 21.0. The molecule has 0 atom stereocenters. The number of methoxy groups -OCH3 is 3. The van der Waals surface area contributed by atoms with Gasteiger partial charge in [-0.15, -0.1) is 0 Å². The molecule has 0 radical (unpaired) electrons. The first-order valence-electron chi connectivity index (χ1n) is 6.78. The summed E-state index contributed by atoms with van der Waals surface area (Å²) in [6, 6.07) is 3.49. The van der Waals surface area contributed by atoms with Crippen LogP contribution in [-0.2, 0) is 9.53 Å². The third-order valence-corrected chi connectivity index (χ3v) is 2.99. The van der Waals surface area contributed by atoms with Crippen LogP contribution in [0.1, 0.15) is 25.8 Å². The molecule has 0 saturated heterocycles. The van der Waals surface area contributed by atoms with Gasteiger partial charge in [-0.1, -0.05) is 6.92 Å². The monoisotopic (exact) mass is 294 g/mol. The Bertz CT molecular complexity index is 494. The van der Waals surface area contributed by atoms with Crippen molar-refractivity contribution in [3.8, 4) is 17.2 Å². The number of benzene rings is 1. The lowest BCUT2D eigenvalue weighted by Gasteiger charge is -2.13. The third kappa shape index (κ3) is 4.15. The first kappa shape index (κ1) is 16.9. The Kier molecular flexibility index (Phi) is 6.59. The minimum atomic E-state index is -0.333. The van der Waals surface area contributed by atoms with E-state index >= 15 is 0 Å². The van der Waals surface area contributed by atoms with Crippen molar-refractivity contribution in [2.45, 2.75) is 20.3 Å². The molecule has 5 nitrogen and oxygen atoms in total. The Morgan fingerprint density at radius 2 is 1.62 bits per heavy atom. The standard InChI is InChI=1S/C16H22O5/c1-6-11(16(17)21-7-2)8-13-14(19-4)9-12(18-3)10-15(13)20-5/h8-10H,6-7H2,1-5H3. The van der Waals surface area contributed by atoms with Gasteiger partial charge in [0.15, 0.2) is 0 Å². The highest BCUT2D eigenvalue weighted by Crippen LogP contribution is 2.36. The van der Waals surface area contributed by atoms with Gasteiger partial charge >= 0.3 is 5.97 Å². The van der Waals surface area contributed by atoms with Crippen molar-refractivity contribution in [1.82, 2.24) is 0 Å². The molecule has 1 rings (SSSR count). The minimum absolute atomic E-state index is 0.333. The quantitative estimate of drug-likeness (QED) is 0.571. The Hall–Kier alpha value is -2.17. The lowest BCUT2D eigenvalue weighted by molar-refractivity contribution is -0.138. The van der Waals surface area contributed by atoms with Crippen molar-refractivity contribution in [3.63, 3.8) is 0 Å². The van der Waals surface area contributed by atoms with Crippen LogP contribution < -0.4 is 14.2 Å². The fourth-order valence-electron chi connectivity index (χ4n) is 1.88. The van der Waals surface area contributed by atoms with E-state index in [0.717, 1.165) is 0 Å². The van der Waals surface area contributed by atoms with Crippen LogP contribution in [0.5, 0.6) is 17.2 Å². The maximum atomic E-state index is 11.9. The Labute approximate surface area is 125 Å². The largest absolute Gasteiger partial charge is 0.496 e. The van der Waals surface area contributed by atoms with Crippen LogP contribution in [0.3, 0.4) is 0 Å². The number of carbonyl (C=O) groups is 1. The van der Waals surface area contributed by atoms with Crippen molar-refractivity contribution >= 4 is 12.0 Å². The average molecular weight is 294 g/mol. The van der Waals surface area contributed by atoms with Crippen LogP contribution >= 0.6 is 0 Å². The second kappa shape index (κ2) is 8.19. The van der Waals surface area contributed by atoms with Gasteiger partial charge in [-0.2, -0.15) is 0 Å². The Morgan fingerprint density at radius 1 is 1.05 bits per heavy atom. The molecule has 116 valence electrons. The van der Waals surface area contributed by atoms with Crippen molar-refractivity contribution in [2.24, 2.45) is 0 Å². The molecule has 1 aromatic carbocycles. The zero-order valence-corrected chi connectivity index (χ0v) is 13.2. The number of rotatable bonds is 7. The smallest absolute Gasteiger partial charge is 0.333 e. The molecule has 0 unspecified atom stereocenters. The maximum Gasteiger partial charge on any atom is 0.333 e. The predicted octanol–water partition coefficient (Wildman–Crippen LogP) is 3.07. The molecule has 0 fully saturated rings. The molecular weight excluding hydrogens is 272 g/mol. The zero-order valence-electron chi connectivity index (χ0n) is 13.2. The van der Waals surface area contributed by atoms with E-state index in [-0.39, 0.29) is 5.97 Å². The van der Waals surface area contributed by atoms with Gasteiger partial charge in [0, 0.05) is 17.7 Å². The third-order valence-electron chi connectivity index (χ3n) is 2.99. The first-order chi connectivity index (χ1) is 10.1. The summed E-state index contributed by atoms with van der Waals surface area (Å²) >= 11 is 0. The van der Waals surface area contributed by atoms with Crippen LogP contribution in [0.25, 0.3) is 6.08 Å². The van der Waals surface area contributed by atoms with E-state index in [9.17, 15) is 4.79 Å². The molecule has 0 amide bonds. The molecule has 5 heteroatoms. The van der Waals surface area contributed by atoms with Gasteiger partial charge in [0.25, 0.3) is 0 Å². The van der Waals surface area contributed by atoms with Crippen LogP contribution in [0.2, 0.25) is 0 Å². The number of carbonyl (C=O) groups excluding carboxylic acids is 1. The van der Waals surface area contributed by atoms with Crippen molar-refractivity contribution in [1.29, 1.82) is 0 Å². The number of ether oxygens (including phenoxy) is 4. The van der Waals surface area contributed by atoms with E-state index in [2.05, 4.69) is 0 Å². The number of esters is 1. The average Bonchev–Trinajstić information content (AvgIpc) is 2.51. The number of hydrogen-bond donors (Lipinski definition) is 0. The Balaban J connectivity index is 3.35. The van der Waals surface area contributed by atoms with Gasteiger partial charge < -0.3 is 18.9 Å². The van der Waals surface area contributed by atoms with Crippen LogP contribution in [0.4, 0.5) is 0 Å². The maximum absolute atomic E-state index is 11.9. The summed E-state index contributed by atoms with van der Waals surface area (Å²) in [5.74, 6) is 1.43. The van der Waals surface area contributed by atoms with Gasteiger partial charge in [0.05, 0.1) is 33.5 Å². The van der Waals surface area contributed by atoms with Crippen molar-refractivity contribution < 1.29 is 23.7 Å². The second-order valence-electron chi connectivity index (χ2n) is 4.19. The fourth-order valence-corrected chi connectivity index (χ4v) is 1.88. The molecule has 0 aliphatic rings. The van der Waals surface area contributed by atoms with Crippen LogP contribution in [0, 0.1) is 0 Å². The molecule has 1 aromatic rings. The molecular formula is C16H22O5. The zero-order chi connectivity index (χ0) is 15.8. The van der Waals surface area contributed by atoms with Crippen molar-refractivity contribution in [3.05, 3.63) is 23.3 Å². The summed E-state index contributed by atoms with van der Waals surface area (Å²) in [5.41, 5.74) is 1.24. The predicted molar refractivity (Wildman–Crippen MR) is 81.0 cm³/mol. The first-order valence-corrected chi connectivity index (χ1v) is 6.78. The van der Waals surface area contributed by atoms with Crippen LogP contribution in [0.15, 0.2) is 17.7 Å². The fraction of sp³-hybridized carbons (Fsp3) is 0.438. The molecule has 0 N–H and O–H groups in total. The van der Waals surface area contributed by atoms with Gasteiger partial charge in [-0.05, 0) is 19.4 Å². The van der Waals surface area contributed by atoms with Crippen LogP contribution in [-0.4, -0.2) is 33.9 Å². The number of hydrogen-bond acceptors (Lipinski definition) is 5. The normalized spacial score (nSPS) is 11.0. The molecule has 0 bridgehead atoms. The summed E-state index contributed by atoms with van der Waals surface area (Å²) in [6.07, 6.45) is 2.28. The summed E-state index contributed by atoms with van der Waals surface area (Å²) in [6.45, 7) is 4.01. The SMILES string of the molecule is CCOC(=O)C(=Cc1c(OC)cc(OC)cc1OC)CC. The summed E-state index contributed by atoms with van der Waals surface area (Å²) in [5, 5.41) is 0. The highest BCUT2D eigenvalue weighted by Gasteiger charge is 2.15. The summed E-state index contributed by atoms with van der Waals surface area (Å²) in [4.78, 5) is 11.9. The second-order valence-corrected chi connectivity index (χ2v) is 4.19. The van der Waals surface area contributed by atoms with Gasteiger partial charge in [-0.3, -0.25) is 0 Å². The van der Waals surface area contributed by atoms with E-state index in [1.165, 1.54) is 0 Å². The molecule has 0 aliphatic carbocycles. The van der Waals surface area contributed by atoms with Gasteiger partial charge in [-0.25, -0.2) is 4.79 Å². The minimum Gasteiger partial charge on any atom is -0.496 e. The van der Waals surface area contributed by atoms with Crippen molar-refractivity contribution in [2.75, 3.05) is 27.9 Å². The molecule has 0 aliphatic heterocycles. The highest BCUT2D eigenvalue weighted by atomic mass is 16.5. The Morgan fingerprint density at radius 3 is 2.00 bits per heavy atom. The lowest BCUT2D eigenvalue weighted by atomic mass is 10.1. The van der Waals surface area contributed by atoms with E-state index in [1.807, 2.05) is 6.92 Å². The van der Waals surface area contributed by atoms with Gasteiger partial charge in [0.2, 0.25) is 0 Å². The molecule has 0 heterocycles.